The van der Waals surface area contributed by atoms with Crippen LogP contribution in [0.3, 0.4) is 0 Å². The molecule has 0 aliphatic carbocycles. The highest BCUT2D eigenvalue weighted by Crippen LogP contribution is 2.40. The third-order valence-electron chi connectivity index (χ3n) is 4.61. The second kappa shape index (κ2) is 5.26. The monoisotopic (exact) mass is 320 g/mol. The lowest BCUT2D eigenvalue weighted by molar-refractivity contribution is 0.174. The largest absolute Gasteiger partial charge is 0.454 e. The van der Waals surface area contributed by atoms with Crippen LogP contribution in [-0.4, -0.2) is 21.6 Å². The number of anilines is 1. The summed E-state index contributed by atoms with van der Waals surface area (Å²) in [5.74, 6) is 2.38. The molecule has 0 fully saturated rings. The molecule has 0 saturated heterocycles. The SMILES string of the molecule is c1ccc([C@@H]2C[C@H](c3ccc4c(c3)OCO4)n3ncnc3N2)cc1. The molecule has 24 heavy (non-hydrogen) atoms. The van der Waals surface area contributed by atoms with E-state index in [9.17, 15) is 0 Å². The summed E-state index contributed by atoms with van der Waals surface area (Å²) in [5.41, 5.74) is 2.39. The maximum Gasteiger partial charge on any atom is 0.231 e. The van der Waals surface area contributed by atoms with E-state index in [4.69, 9.17) is 9.47 Å². The average molecular weight is 320 g/mol. The van der Waals surface area contributed by atoms with Crippen LogP contribution >= 0.6 is 0 Å². The van der Waals surface area contributed by atoms with E-state index in [0.29, 0.717) is 0 Å². The van der Waals surface area contributed by atoms with Gasteiger partial charge in [0, 0.05) is 0 Å². The lowest BCUT2D eigenvalue weighted by Crippen LogP contribution is -2.28. The lowest BCUT2D eigenvalue weighted by Gasteiger charge is -2.31. The van der Waals surface area contributed by atoms with Crippen LogP contribution in [0.5, 0.6) is 11.5 Å². The summed E-state index contributed by atoms with van der Waals surface area (Å²) in [4.78, 5) is 4.37. The van der Waals surface area contributed by atoms with E-state index in [0.717, 1.165) is 29.4 Å². The molecule has 0 spiro atoms. The maximum atomic E-state index is 5.53. The van der Waals surface area contributed by atoms with E-state index in [-0.39, 0.29) is 18.9 Å². The smallest absolute Gasteiger partial charge is 0.231 e. The van der Waals surface area contributed by atoms with Gasteiger partial charge >= 0.3 is 0 Å². The summed E-state index contributed by atoms with van der Waals surface area (Å²) < 4.78 is 12.9. The minimum atomic E-state index is 0.100. The maximum absolute atomic E-state index is 5.53. The Morgan fingerprint density at radius 2 is 1.88 bits per heavy atom. The number of nitrogens with one attached hydrogen (secondary N) is 1. The quantitative estimate of drug-likeness (QED) is 0.786. The van der Waals surface area contributed by atoms with Crippen molar-refractivity contribution >= 4 is 5.95 Å². The number of nitrogens with zero attached hydrogens (tertiary/aromatic N) is 3. The predicted octanol–water partition coefficient (Wildman–Crippen LogP) is 3.15. The molecule has 6 heteroatoms. The molecule has 0 radical (unpaired) electrons. The summed E-state index contributed by atoms with van der Waals surface area (Å²) in [6.07, 6.45) is 2.48. The Kier molecular flexibility index (Phi) is 2.94. The second-order valence-electron chi connectivity index (χ2n) is 6.00. The third-order valence-corrected chi connectivity index (χ3v) is 4.61. The van der Waals surface area contributed by atoms with Crippen LogP contribution in [0.25, 0.3) is 0 Å². The molecule has 3 aromatic rings. The van der Waals surface area contributed by atoms with Crippen molar-refractivity contribution in [2.24, 2.45) is 0 Å². The van der Waals surface area contributed by atoms with Crippen LogP contribution in [0.15, 0.2) is 54.9 Å². The molecule has 2 aliphatic rings. The zero-order valence-electron chi connectivity index (χ0n) is 12.9. The van der Waals surface area contributed by atoms with Crippen molar-refractivity contribution in [2.45, 2.75) is 18.5 Å². The molecular formula is C18H16N4O2. The molecule has 6 nitrogen and oxygen atoms in total. The molecule has 3 heterocycles. The Bertz CT molecular complexity index is 878. The van der Waals surface area contributed by atoms with Crippen molar-refractivity contribution in [2.75, 3.05) is 12.1 Å². The summed E-state index contributed by atoms with van der Waals surface area (Å²) in [6, 6.07) is 16.8. The van der Waals surface area contributed by atoms with Gasteiger partial charge in [0.05, 0.1) is 12.1 Å². The molecule has 5 rings (SSSR count). The van der Waals surface area contributed by atoms with Gasteiger partial charge in [0.25, 0.3) is 0 Å². The molecule has 2 atom stereocenters. The lowest BCUT2D eigenvalue weighted by atomic mass is 9.93. The van der Waals surface area contributed by atoms with Gasteiger partial charge in [-0.15, -0.1) is 0 Å². The van der Waals surface area contributed by atoms with Crippen LogP contribution in [0.4, 0.5) is 5.95 Å². The third kappa shape index (κ3) is 2.11. The first-order valence-electron chi connectivity index (χ1n) is 7.99. The molecule has 120 valence electrons. The molecule has 1 aromatic heterocycles. The van der Waals surface area contributed by atoms with Gasteiger partial charge in [-0.25, -0.2) is 4.68 Å². The molecular weight excluding hydrogens is 304 g/mol. The Morgan fingerprint density at radius 1 is 1.00 bits per heavy atom. The van der Waals surface area contributed by atoms with E-state index in [1.807, 2.05) is 22.9 Å². The molecule has 0 unspecified atom stereocenters. The van der Waals surface area contributed by atoms with Gasteiger partial charge in [0.15, 0.2) is 11.5 Å². The van der Waals surface area contributed by atoms with Gasteiger partial charge in [0.2, 0.25) is 12.7 Å². The number of rotatable bonds is 2. The standard InChI is InChI=1S/C18H16N4O2/c1-2-4-12(5-3-1)14-9-15(22-18(21-14)19-10-20-22)13-6-7-16-17(8-13)24-11-23-16/h1-8,10,14-15H,9,11H2,(H,19,20,21)/t14-,15+/m0/s1. The molecule has 2 aromatic carbocycles. The van der Waals surface area contributed by atoms with Gasteiger partial charge in [0.1, 0.15) is 6.33 Å². The Hall–Kier alpha value is -3.02. The van der Waals surface area contributed by atoms with E-state index < -0.39 is 0 Å². The fraction of sp³-hybridized carbons (Fsp3) is 0.222. The van der Waals surface area contributed by atoms with Crippen LogP contribution in [0.2, 0.25) is 0 Å². The summed E-state index contributed by atoms with van der Waals surface area (Å²) in [5, 5.41) is 7.89. The number of fused-ring (bicyclic) bond motifs is 2. The topological polar surface area (TPSA) is 61.2 Å². The van der Waals surface area contributed by atoms with E-state index >= 15 is 0 Å². The molecule has 1 N–H and O–H groups in total. The van der Waals surface area contributed by atoms with E-state index in [2.05, 4.69) is 45.7 Å². The summed E-state index contributed by atoms with van der Waals surface area (Å²) in [6.45, 7) is 0.284. The van der Waals surface area contributed by atoms with Crippen LogP contribution in [-0.2, 0) is 0 Å². The van der Waals surface area contributed by atoms with Crippen LogP contribution in [0, 0.1) is 0 Å². The minimum absolute atomic E-state index is 0.100. The highest BCUT2D eigenvalue weighted by molar-refractivity contribution is 5.47. The Labute approximate surface area is 139 Å². The molecule has 0 bridgehead atoms. The molecule has 0 saturated carbocycles. The average Bonchev–Trinajstić information content (AvgIpc) is 3.29. The normalized spacial score (nSPS) is 21.2. The van der Waals surface area contributed by atoms with Gasteiger partial charge in [-0.05, 0) is 29.7 Å². The van der Waals surface area contributed by atoms with Crippen molar-refractivity contribution in [3.05, 3.63) is 66.0 Å². The van der Waals surface area contributed by atoms with Crippen molar-refractivity contribution in [1.82, 2.24) is 14.8 Å². The Balaban J connectivity index is 1.55. The number of benzene rings is 2. The number of hydrogen-bond donors (Lipinski definition) is 1. The highest BCUT2D eigenvalue weighted by atomic mass is 16.7. The van der Waals surface area contributed by atoms with Crippen LogP contribution in [0.1, 0.15) is 29.6 Å². The van der Waals surface area contributed by atoms with E-state index in [1.54, 1.807) is 6.33 Å². The summed E-state index contributed by atoms with van der Waals surface area (Å²) in [7, 11) is 0. The predicted molar refractivity (Wildman–Crippen MR) is 88.1 cm³/mol. The molecule has 0 amide bonds. The molecule has 2 aliphatic heterocycles. The van der Waals surface area contributed by atoms with Gasteiger partial charge in [-0.1, -0.05) is 36.4 Å². The minimum Gasteiger partial charge on any atom is -0.454 e. The van der Waals surface area contributed by atoms with Crippen molar-refractivity contribution in [3.63, 3.8) is 0 Å². The number of hydrogen-bond acceptors (Lipinski definition) is 5. The zero-order valence-corrected chi connectivity index (χ0v) is 12.9. The first-order chi connectivity index (χ1) is 11.9. The number of ether oxygens (including phenoxy) is 2. The first kappa shape index (κ1) is 13.4. The van der Waals surface area contributed by atoms with Crippen molar-refractivity contribution in [3.8, 4) is 11.5 Å². The summed E-state index contributed by atoms with van der Waals surface area (Å²) >= 11 is 0. The fourth-order valence-corrected chi connectivity index (χ4v) is 3.42. The number of aromatic nitrogens is 3. The van der Waals surface area contributed by atoms with Crippen molar-refractivity contribution in [1.29, 1.82) is 0 Å². The van der Waals surface area contributed by atoms with Crippen molar-refractivity contribution < 1.29 is 9.47 Å². The van der Waals surface area contributed by atoms with Gasteiger partial charge in [-0.3, -0.25) is 0 Å². The zero-order chi connectivity index (χ0) is 15.9. The van der Waals surface area contributed by atoms with Gasteiger partial charge < -0.3 is 14.8 Å². The highest BCUT2D eigenvalue weighted by Gasteiger charge is 2.30. The fourth-order valence-electron chi connectivity index (χ4n) is 3.42. The Morgan fingerprint density at radius 3 is 2.79 bits per heavy atom. The van der Waals surface area contributed by atoms with E-state index in [1.165, 1.54) is 5.56 Å². The van der Waals surface area contributed by atoms with Crippen LogP contribution < -0.4 is 14.8 Å². The second-order valence-corrected chi connectivity index (χ2v) is 6.00. The van der Waals surface area contributed by atoms with Gasteiger partial charge in [-0.2, -0.15) is 10.1 Å². The first-order valence-corrected chi connectivity index (χ1v) is 7.99.